The van der Waals surface area contributed by atoms with Crippen LogP contribution in [0.15, 0.2) is 27.9 Å². The van der Waals surface area contributed by atoms with E-state index in [0.717, 1.165) is 4.90 Å². The highest BCUT2D eigenvalue weighted by Gasteiger charge is 2.24. The van der Waals surface area contributed by atoms with Crippen molar-refractivity contribution in [1.29, 1.82) is 0 Å². The summed E-state index contributed by atoms with van der Waals surface area (Å²) < 4.78 is 6.26. The number of amides is 2. The third-order valence-corrected chi connectivity index (χ3v) is 4.64. The lowest BCUT2D eigenvalue weighted by Gasteiger charge is -2.24. The molecule has 2 amide bonds. The predicted octanol–water partition coefficient (Wildman–Crippen LogP) is 1.22. The number of pyridine rings is 1. The van der Waals surface area contributed by atoms with Gasteiger partial charge in [-0.25, -0.2) is 9.78 Å². The molecule has 2 heterocycles. The van der Waals surface area contributed by atoms with E-state index >= 15 is 0 Å². The third kappa shape index (κ3) is 6.66. The number of rotatable bonds is 10. The first-order valence-corrected chi connectivity index (χ1v) is 10.3. The number of H-pyrrole nitrogens is 1. The van der Waals surface area contributed by atoms with Crippen molar-refractivity contribution in [3.63, 3.8) is 0 Å². The van der Waals surface area contributed by atoms with Crippen LogP contribution in [0.1, 0.15) is 26.7 Å². The van der Waals surface area contributed by atoms with Crippen molar-refractivity contribution in [2.24, 2.45) is 5.92 Å². The van der Waals surface area contributed by atoms with Crippen LogP contribution >= 0.6 is 11.6 Å². The molecule has 0 spiro atoms. The monoisotopic (exact) mass is 466 g/mol. The minimum atomic E-state index is -0.785. The average molecular weight is 467 g/mol. The van der Waals surface area contributed by atoms with Gasteiger partial charge in [0.25, 0.3) is 5.56 Å². The molecule has 0 fully saturated rings. The number of nitrogen functional groups attached to an aromatic ring is 1. The quantitative estimate of drug-likeness (QED) is 0.475. The van der Waals surface area contributed by atoms with Gasteiger partial charge in [-0.15, -0.1) is 0 Å². The SMILES string of the molecule is COCCN(C(=O)CCC(=O)Nc1ccc(Cl)cn1)c1c(N)n(CC(C)C)c(=O)[nH]c1=O. The molecule has 2 aromatic rings. The van der Waals surface area contributed by atoms with Crippen molar-refractivity contribution in [3.8, 4) is 0 Å². The van der Waals surface area contributed by atoms with Gasteiger partial charge < -0.3 is 20.7 Å². The lowest BCUT2D eigenvalue weighted by molar-refractivity contribution is -0.122. The maximum atomic E-state index is 12.9. The molecule has 4 N–H and O–H groups in total. The van der Waals surface area contributed by atoms with E-state index in [4.69, 9.17) is 22.1 Å². The molecule has 2 aromatic heterocycles. The molecular weight excluding hydrogens is 440 g/mol. The van der Waals surface area contributed by atoms with Crippen LogP contribution in [-0.4, -0.2) is 46.6 Å². The Balaban J connectivity index is 2.23. The first kappa shape index (κ1) is 25.1. The zero-order valence-electron chi connectivity index (χ0n) is 18.2. The number of carbonyl (C=O) groups is 2. The molecule has 0 aliphatic carbocycles. The summed E-state index contributed by atoms with van der Waals surface area (Å²) in [5.41, 5.74) is 4.54. The number of ether oxygens (including phenoxy) is 1. The van der Waals surface area contributed by atoms with Gasteiger partial charge in [-0.3, -0.25) is 23.9 Å². The molecular formula is C20H27ClN6O5. The first-order chi connectivity index (χ1) is 15.1. The van der Waals surface area contributed by atoms with E-state index < -0.39 is 23.1 Å². The maximum absolute atomic E-state index is 12.9. The smallest absolute Gasteiger partial charge is 0.330 e. The molecule has 32 heavy (non-hydrogen) atoms. The topological polar surface area (TPSA) is 152 Å². The fourth-order valence-corrected chi connectivity index (χ4v) is 3.05. The fraction of sp³-hybridized carbons (Fsp3) is 0.450. The van der Waals surface area contributed by atoms with Gasteiger partial charge in [0.05, 0.1) is 11.6 Å². The summed E-state index contributed by atoms with van der Waals surface area (Å²) in [6.07, 6.45) is 1.03. The van der Waals surface area contributed by atoms with Gasteiger partial charge >= 0.3 is 5.69 Å². The van der Waals surface area contributed by atoms with E-state index in [0.29, 0.717) is 10.8 Å². The normalized spacial score (nSPS) is 10.9. The first-order valence-electron chi connectivity index (χ1n) is 9.97. The number of nitrogens with zero attached hydrogens (tertiary/aromatic N) is 3. The summed E-state index contributed by atoms with van der Waals surface area (Å²) in [7, 11) is 1.45. The minimum Gasteiger partial charge on any atom is -0.383 e. The van der Waals surface area contributed by atoms with Crippen LogP contribution in [0.2, 0.25) is 5.02 Å². The van der Waals surface area contributed by atoms with Crippen molar-refractivity contribution < 1.29 is 14.3 Å². The molecule has 2 rings (SSSR count). The van der Waals surface area contributed by atoms with Crippen LogP contribution < -0.4 is 27.2 Å². The van der Waals surface area contributed by atoms with Crippen LogP contribution in [-0.2, 0) is 20.9 Å². The standard InChI is InChI=1S/C20H27ClN6O5/c1-12(2)11-27-18(22)17(19(30)25-20(27)31)26(8-9-32-3)16(29)7-6-15(28)24-14-5-4-13(21)10-23-14/h4-5,10,12H,6-9,11,22H2,1-3H3,(H,23,24,28)(H,25,30,31). The second kappa shape index (κ2) is 11.4. The van der Waals surface area contributed by atoms with Crippen molar-refractivity contribution >= 4 is 40.7 Å². The molecule has 174 valence electrons. The molecule has 0 unspecified atom stereocenters. The van der Waals surface area contributed by atoms with E-state index in [2.05, 4.69) is 15.3 Å². The Kier molecular flexibility index (Phi) is 8.97. The number of nitrogens with one attached hydrogen (secondary N) is 2. The van der Waals surface area contributed by atoms with Gasteiger partial charge in [0, 0.05) is 39.2 Å². The maximum Gasteiger partial charge on any atom is 0.330 e. The van der Waals surface area contributed by atoms with Gasteiger partial charge in [0.1, 0.15) is 11.6 Å². The van der Waals surface area contributed by atoms with E-state index in [1.807, 2.05) is 13.8 Å². The molecule has 0 atom stereocenters. The van der Waals surface area contributed by atoms with Gasteiger partial charge in [-0.05, 0) is 18.1 Å². The van der Waals surface area contributed by atoms with Crippen LogP contribution in [0.25, 0.3) is 0 Å². The summed E-state index contributed by atoms with van der Waals surface area (Å²) in [6.45, 7) is 4.17. The Hall–Kier alpha value is -3.18. The second-order valence-corrected chi connectivity index (χ2v) is 7.88. The van der Waals surface area contributed by atoms with E-state index in [-0.39, 0.29) is 50.0 Å². The van der Waals surface area contributed by atoms with Gasteiger partial charge in [0.2, 0.25) is 11.8 Å². The van der Waals surface area contributed by atoms with Crippen LogP contribution in [0, 0.1) is 5.92 Å². The minimum absolute atomic E-state index is 0.0167. The Morgan fingerprint density at radius 3 is 2.62 bits per heavy atom. The predicted molar refractivity (Wildman–Crippen MR) is 122 cm³/mol. The molecule has 0 aliphatic rings. The summed E-state index contributed by atoms with van der Waals surface area (Å²) in [4.78, 5) is 57.2. The lowest BCUT2D eigenvalue weighted by atomic mass is 10.2. The lowest BCUT2D eigenvalue weighted by Crippen LogP contribution is -2.43. The zero-order chi connectivity index (χ0) is 23.8. The molecule has 12 heteroatoms. The number of nitrogens with two attached hydrogens (primary N) is 1. The summed E-state index contributed by atoms with van der Waals surface area (Å²) in [6, 6.07) is 3.11. The number of methoxy groups -OCH3 is 1. The van der Waals surface area contributed by atoms with E-state index in [1.165, 1.54) is 23.9 Å². The number of halogens is 1. The third-order valence-electron chi connectivity index (χ3n) is 4.41. The fourth-order valence-electron chi connectivity index (χ4n) is 2.94. The highest BCUT2D eigenvalue weighted by Crippen LogP contribution is 2.19. The van der Waals surface area contributed by atoms with Gasteiger partial charge in [-0.1, -0.05) is 25.4 Å². The Morgan fingerprint density at radius 1 is 1.31 bits per heavy atom. The molecule has 11 nitrogen and oxygen atoms in total. The Labute approximate surface area is 189 Å². The average Bonchev–Trinajstić information content (AvgIpc) is 2.73. The number of anilines is 3. The molecule has 0 saturated heterocycles. The van der Waals surface area contributed by atoms with Gasteiger partial charge in [0.15, 0.2) is 5.69 Å². The Morgan fingerprint density at radius 2 is 2.03 bits per heavy atom. The van der Waals surface area contributed by atoms with E-state index in [9.17, 15) is 19.2 Å². The Bertz CT molecular complexity index is 1060. The largest absolute Gasteiger partial charge is 0.383 e. The van der Waals surface area contributed by atoms with Crippen molar-refractivity contribution in [2.75, 3.05) is 36.2 Å². The van der Waals surface area contributed by atoms with Gasteiger partial charge in [-0.2, -0.15) is 0 Å². The van der Waals surface area contributed by atoms with Crippen molar-refractivity contribution in [3.05, 3.63) is 44.2 Å². The van der Waals surface area contributed by atoms with Crippen molar-refractivity contribution in [1.82, 2.24) is 14.5 Å². The van der Waals surface area contributed by atoms with Crippen molar-refractivity contribution in [2.45, 2.75) is 33.2 Å². The highest BCUT2D eigenvalue weighted by atomic mass is 35.5. The van der Waals surface area contributed by atoms with Crippen LogP contribution in [0.3, 0.4) is 0 Å². The second-order valence-electron chi connectivity index (χ2n) is 7.45. The highest BCUT2D eigenvalue weighted by molar-refractivity contribution is 6.30. The molecule has 0 aliphatic heterocycles. The number of hydrogen-bond acceptors (Lipinski definition) is 7. The molecule has 0 bridgehead atoms. The molecule has 0 aromatic carbocycles. The van der Waals surface area contributed by atoms with Crippen LogP contribution in [0.4, 0.5) is 17.3 Å². The summed E-state index contributed by atoms with van der Waals surface area (Å²) in [5.74, 6) is -0.710. The van der Waals surface area contributed by atoms with E-state index in [1.54, 1.807) is 6.07 Å². The summed E-state index contributed by atoms with van der Waals surface area (Å²) >= 11 is 5.76. The zero-order valence-corrected chi connectivity index (χ0v) is 18.9. The number of aromatic nitrogens is 3. The summed E-state index contributed by atoms with van der Waals surface area (Å²) in [5, 5.41) is 2.99. The number of aromatic amines is 1. The molecule has 0 saturated carbocycles. The van der Waals surface area contributed by atoms with Crippen LogP contribution in [0.5, 0.6) is 0 Å². The molecule has 0 radical (unpaired) electrons. The number of hydrogen-bond donors (Lipinski definition) is 3. The number of carbonyl (C=O) groups excluding carboxylic acids is 2.